The highest BCUT2D eigenvalue weighted by Gasteiger charge is 2.18. The average Bonchev–Trinajstić information content (AvgIpc) is 2.60. The molecule has 1 unspecified atom stereocenters. The molecule has 1 aromatic rings. The second kappa shape index (κ2) is 14.3. The fourth-order valence-electron chi connectivity index (χ4n) is 2.95. The van der Waals surface area contributed by atoms with Crippen LogP contribution in [0, 0.1) is 0 Å². The van der Waals surface area contributed by atoms with Crippen molar-refractivity contribution in [3.05, 3.63) is 29.8 Å². The Hall–Kier alpha value is -0.830. The van der Waals surface area contributed by atoms with E-state index in [4.69, 9.17) is 9.26 Å². The van der Waals surface area contributed by atoms with E-state index < -0.39 is 7.60 Å². The van der Waals surface area contributed by atoms with Crippen molar-refractivity contribution in [2.45, 2.75) is 84.2 Å². The van der Waals surface area contributed by atoms with Crippen LogP contribution in [0.25, 0.3) is 0 Å². The Morgan fingerprint density at radius 2 is 1.38 bits per heavy atom. The summed E-state index contributed by atoms with van der Waals surface area (Å²) in [6.45, 7) is 4.95. The zero-order valence-corrected chi connectivity index (χ0v) is 17.5. The molecule has 1 atom stereocenters. The number of hydrogen-bond acceptors (Lipinski definition) is 3. The third-order valence-electron chi connectivity index (χ3n) is 4.40. The van der Waals surface area contributed by atoms with Gasteiger partial charge in [0, 0.05) is 0 Å². The first-order chi connectivity index (χ1) is 12.6. The molecule has 1 N–H and O–H groups in total. The first-order valence-corrected chi connectivity index (χ1v) is 12.0. The lowest BCUT2D eigenvalue weighted by Gasteiger charge is -2.11. The first-order valence-electron chi connectivity index (χ1n) is 10.3. The lowest BCUT2D eigenvalue weighted by molar-refractivity contribution is 0.272. The molecule has 0 fully saturated rings. The Labute approximate surface area is 159 Å². The minimum atomic E-state index is -3.52. The van der Waals surface area contributed by atoms with Gasteiger partial charge in [0.1, 0.15) is 5.75 Å². The van der Waals surface area contributed by atoms with Crippen LogP contribution in [0.5, 0.6) is 5.75 Å². The highest BCUT2D eigenvalue weighted by molar-refractivity contribution is 7.51. The van der Waals surface area contributed by atoms with E-state index in [0.29, 0.717) is 0 Å². The number of ether oxygens (including phenoxy) is 1. The molecule has 0 aromatic heterocycles. The molecule has 0 bridgehead atoms. The Bertz CT molecular complexity index is 501. The number of benzene rings is 1. The minimum absolute atomic E-state index is 0.0412. The predicted octanol–water partition coefficient (Wildman–Crippen LogP) is 6.71. The molecule has 0 aliphatic rings. The van der Waals surface area contributed by atoms with Crippen LogP contribution in [0.4, 0.5) is 0 Å². The highest BCUT2D eigenvalue weighted by Crippen LogP contribution is 2.45. The third-order valence-corrected chi connectivity index (χ3v) is 5.83. The van der Waals surface area contributed by atoms with Gasteiger partial charge < -0.3 is 14.2 Å². The summed E-state index contributed by atoms with van der Waals surface area (Å²) in [5, 5.41) is 0. The van der Waals surface area contributed by atoms with Gasteiger partial charge in [0.15, 0.2) is 0 Å². The monoisotopic (exact) mass is 384 g/mol. The van der Waals surface area contributed by atoms with Crippen LogP contribution in [-0.2, 0) is 15.3 Å². The second-order valence-electron chi connectivity index (χ2n) is 6.89. The van der Waals surface area contributed by atoms with Crippen LogP contribution >= 0.6 is 7.60 Å². The van der Waals surface area contributed by atoms with Crippen LogP contribution in [0.1, 0.15) is 83.6 Å². The van der Waals surface area contributed by atoms with Gasteiger partial charge in [0.2, 0.25) is 0 Å². The van der Waals surface area contributed by atoms with Crippen molar-refractivity contribution in [2.24, 2.45) is 0 Å². The van der Waals surface area contributed by atoms with E-state index in [1.54, 1.807) is 6.92 Å². The third kappa shape index (κ3) is 11.7. The Morgan fingerprint density at radius 1 is 0.846 bits per heavy atom. The fraction of sp³-hybridized carbons (Fsp3) is 0.714. The largest absolute Gasteiger partial charge is 0.494 e. The highest BCUT2D eigenvalue weighted by atomic mass is 31.2. The van der Waals surface area contributed by atoms with E-state index in [1.165, 1.54) is 57.8 Å². The molecule has 1 rings (SSSR count). The molecular weight excluding hydrogens is 347 g/mol. The van der Waals surface area contributed by atoms with Crippen molar-refractivity contribution >= 4 is 7.60 Å². The quantitative estimate of drug-likeness (QED) is 0.254. The molecule has 0 spiro atoms. The SMILES string of the molecule is CCCCCCCCCCCCOc1ccc(CP(=O)(O)OCC)cc1. The molecule has 0 radical (unpaired) electrons. The molecule has 0 saturated heterocycles. The molecule has 1 aromatic carbocycles. The Kier molecular flexibility index (Phi) is 12.7. The summed E-state index contributed by atoms with van der Waals surface area (Å²) in [5.74, 6) is 0.814. The van der Waals surface area contributed by atoms with E-state index in [0.717, 1.165) is 24.3 Å². The smallest absolute Gasteiger partial charge is 0.332 e. The van der Waals surface area contributed by atoms with Crippen molar-refractivity contribution in [3.8, 4) is 5.75 Å². The van der Waals surface area contributed by atoms with Gasteiger partial charge in [-0.3, -0.25) is 4.57 Å². The van der Waals surface area contributed by atoms with Crippen LogP contribution in [0.2, 0.25) is 0 Å². The van der Waals surface area contributed by atoms with Gasteiger partial charge in [-0.25, -0.2) is 0 Å². The van der Waals surface area contributed by atoms with Gasteiger partial charge in [-0.15, -0.1) is 0 Å². The molecular formula is C21H37O4P. The number of unbranched alkanes of at least 4 members (excludes halogenated alkanes) is 9. The van der Waals surface area contributed by atoms with Crippen LogP contribution in [-0.4, -0.2) is 18.1 Å². The van der Waals surface area contributed by atoms with E-state index in [1.807, 2.05) is 24.3 Å². The number of rotatable bonds is 16. The van der Waals surface area contributed by atoms with Gasteiger partial charge in [0.05, 0.1) is 19.4 Å². The Morgan fingerprint density at radius 3 is 1.92 bits per heavy atom. The van der Waals surface area contributed by atoms with Gasteiger partial charge in [0.25, 0.3) is 0 Å². The van der Waals surface area contributed by atoms with Crippen molar-refractivity contribution < 1.29 is 18.7 Å². The first kappa shape index (κ1) is 23.2. The lowest BCUT2D eigenvalue weighted by Crippen LogP contribution is -1.98. The predicted molar refractivity (Wildman–Crippen MR) is 109 cm³/mol. The van der Waals surface area contributed by atoms with E-state index in [2.05, 4.69) is 6.92 Å². The van der Waals surface area contributed by atoms with Gasteiger partial charge >= 0.3 is 7.60 Å². The Balaban J connectivity index is 2.07. The van der Waals surface area contributed by atoms with Crippen molar-refractivity contribution in [3.63, 3.8) is 0 Å². The van der Waals surface area contributed by atoms with E-state index in [9.17, 15) is 9.46 Å². The molecule has 5 heteroatoms. The van der Waals surface area contributed by atoms with Crippen molar-refractivity contribution in [1.82, 2.24) is 0 Å². The summed E-state index contributed by atoms with van der Waals surface area (Å²) in [4.78, 5) is 9.66. The van der Waals surface area contributed by atoms with E-state index in [-0.39, 0.29) is 12.8 Å². The zero-order valence-electron chi connectivity index (χ0n) is 16.6. The summed E-state index contributed by atoms with van der Waals surface area (Å²) in [6.07, 6.45) is 13.2. The minimum Gasteiger partial charge on any atom is -0.494 e. The standard InChI is InChI=1S/C21H37O4P/c1-3-5-6-7-8-9-10-11-12-13-18-24-21-16-14-20(15-17-21)19-26(22,23)25-4-2/h14-17H,3-13,18-19H2,1-2H3,(H,22,23). The van der Waals surface area contributed by atoms with Gasteiger partial charge in [-0.05, 0) is 31.0 Å². The summed E-state index contributed by atoms with van der Waals surface area (Å²) in [5.41, 5.74) is 0.788. The molecule has 0 amide bonds. The fourth-order valence-corrected chi connectivity index (χ4v) is 4.12. The summed E-state index contributed by atoms with van der Waals surface area (Å²) < 4.78 is 22.4. The molecule has 0 heterocycles. The lowest BCUT2D eigenvalue weighted by atomic mass is 10.1. The second-order valence-corrected chi connectivity index (χ2v) is 8.74. The maximum absolute atomic E-state index is 11.8. The van der Waals surface area contributed by atoms with Gasteiger partial charge in [-0.2, -0.15) is 0 Å². The van der Waals surface area contributed by atoms with Crippen molar-refractivity contribution in [2.75, 3.05) is 13.2 Å². The zero-order chi connectivity index (χ0) is 19.1. The topological polar surface area (TPSA) is 55.8 Å². The van der Waals surface area contributed by atoms with Crippen LogP contribution in [0.15, 0.2) is 24.3 Å². The molecule has 0 saturated carbocycles. The maximum atomic E-state index is 11.8. The molecule has 0 aliphatic heterocycles. The summed E-state index contributed by atoms with van der Waals surface area (Å²) in [7, 11) is -3.52. The number of hydrogen-bond donors (Lipinski definition) is 1. The summed E-state index contributed by atoms with van der Waals surface area (Å²) in [6, 6.07) is 7.38. The van der Waals surface area contributed by atoms with Crippen molar-refractivity contribution in [1.29, 1.82) is 0 Å². The van der Waals surface area contributed by atoms with Gasteiger partial charge in [-0.1, -0.05) is 76.8 Å². The van der Waals surface area contributed by atoms with E-state index >= 15 is 0 Å². The molecule has 150 valence electrons. The van der Waals surface area contributed by atoms with Crippen LogP contribution < -0.4 is 4.74 Å². The molecule has 4 nitrogen and oxygen atoms in total. The molecule has 26 heavy (non-hydrogen) atoms. The summed E-state index contributed by atoms with van der Waals surface area (Å²) >= 11 is 0. The molecule has 0 aliphatic carbocycles. The average molecular weight is 384 g/mol. The normalized spacial score (nSPS) is 13.5. The van der Waals surface area contributed by atoms with Crippen LogP contribution in [0.3, 0.4) is 0 Å². The maximum Gasteiger partial charge on any atom is 0.332 e.